The highest BCUT2D eigenvalue weighted by Crippen LogP contribution is 2.31. The normalized spacial score (nSPS) is 12.8. The number of hydrogen-bond acceptors (Lipinski definition) is 6. The van der Waals surface area contributed by atoms with Crippen LogP contribution in [0, 0.1) is 0 Å². The summed E-state index contributed by atoms with van der Waals surface area (Å²) in [6.45, 7) is 0.855. The Morgan fingerprint density at radius 3 is 2.55 bits per heavy atom. The van der Waals surface area contributed by atoms with Crippen molar-refractivity contribution in [1.29, 1.82) is 0 Å². The number of carbonyl (C=O) groups excluding carboxylic acids is 1. The second-order valence-electron chi connectivity index (χ2n) is 6.68. The second-order valence-corrected chi connectivity index (χ2v) is 6.68. The highest BCUT2D eigenvalue weighted by Gasteiger charge is 2.20. The number of aromatic nitrogens is 2. The number of aryl methyl sites for hydroxylation is 1. The molecule has 0 spiro atoms. The van der Waals surface area contributed by atoms with Crippen molar-refractivity contribution in [3.05, 3.63) is 66.0 Å². The van der Waals surface area contributed by atoms with E-state index in [1.54, 1.807) is 44.8 Å². The molecule has 7 nitrogen and oxygen atoms in total. The van der Waals surface area contributed by atoms with Gasteiger partial charge in [0.15, 0.2) is 11.5 Å². The first-order valence-electron chi connectivity index (χ1n) is 9.40. The van der Waals surface area contributed by atoms with E-state index in [9.17, 15) is 4.79 Å². The van der Waals surface area contributed by atoms with Crippen LogP contribution >= 0.6 is 0 Å². The Balaban J connectivity index is 1.51. The summed E-state index contributed by atoms with van der Waals surface area (Å²) in [5, 5.41) is 2.83. The lowest BCUT2D eigenvalue weighted by molar-refractivity contribution is 0.102. The third-order valence-corrected chi connectivity index (χ3v) is 4.89. The summed E-state index contributed by atoms with van der Waals surface area (Å²) >= 11 is 0. The van der Waals surface area contributed by atoms with Gasteiger partial charge in [-0.3, -0.25) is 4.79 Å². The Hall–Kier alpha value is -3.61. The van der Waals surface area contributed by atoms with E-state index in [0.717, 1.165) is 25.1 Å². The molecule has 2 aromatic carbocycles. The molecule has 0 saturated heterocycles. The molecule has 148 valence electrons. The SMILES string of the molecule is COc1ccc(NC(=O)c2cnc(N3CCCc4ccccc43)nc2)cc1OC. The van der Waals surface area contributed by atoms with Gasteiger partial charge >= 0.3 is 0 Å². The molecule has 29 heavy (non-hydrogen) atoms. The number of nitrogens with zero attached hydrogens (tertiary/aromatic N) is 3. The molecular weight excluding hydrogens is 368 g/mol. The molecule has 1 N–H and O–H groups in total. The molecule has 0 atom stereocenters. The monoisotopic (exact) mass is 390 g/mol. The van der Waals surface area contributed by atoms with Crippen LogP contribution in [0.1, 0.15) is 22.3 Å². The Bertz CT molecular complexity index is 1020. The first-order chi connectivity index (χ1) is 14.2. The zero-order valence-corrected chi connectivity index (χ0v) is 16.4. The zero-order chi connectivity index (χ0) is 20.2. The van der Waals surface area contributed by atoms with Crippen molar-refractivity contribution in [3.8, 4) is 11.5 Å². The van der Waals surface area contributed by atoms with Crippen LogP contribution in [0.4, 0.5) is 17.3 Å². The summed E-state index contributed by atoms with van der Waals surface area (Å²) in [4.78, 5) is 23.5. The smallest absolute Gasteiger partial charge is 0.258 e. The average molecular weight is 390 g/mol. The molecule has 0 bridgehead atoms. The Kier molecular flexibility index (Phi) is 5.29. The molecule has 1 aliphatic rings. The number of para-hydroxylation sites is 1. The average Bonchev–Trinajstić information content (AvgIpc) is 2.78. The minimum Gasteiger partial charge on any atom is -0.493 e. The number of methoxy groups -OCH3 is 2. The number of hydrogen-bond donors (Lipinski definition) is 1. The lowest BCUT2D eigenvalue weighted by Crippen LogP contribution is -2.26. The number of anilines is 3. The van der Waals surface area contributed by atoms with Crippen LogP contribution in [0.2, 0.25) is 0 Å². The van der Waals surface area contributed by atoms with E-state index < -0.39 is 0 Å². The van der Waals surface area contributed by atoms with Crippen molar-refractivity contribution < 1.29 is 14.3 Å². The summed E-state index contributed by atoms with van der Waals surface area (Å²) in [7, 11) is 3.12. The first-order valence-corrected chi connectivity index (χ1v) is 9.40. The molecular formula is C22H22N4O3. The molecule has 1 aromatic heterocycles. The van der Waals surface area contributed by atoms with E-state index in [1.165, 1.54) is 5.56 Å². The van der Waals surface area contributed by atoms with Gasteiger partial charge in [0.05, 0.1) is 19.8 Å². The van der Waals surface area contributed by atoms with Crippen molar-refractivity contribution in [2.45, 2.75) is 12.8 Å². The van der Waals surface area contributed by atoms with Crippen LogP contribution in [0.25, 0.3) is 0 Å². The van der Waals surface area contributed by atoms with Crippen molar-refractivity contribution in [3.63, 3.8) is 0 Å². The molecule has 3 aromatic rings. The first kappa shape index (κ1) is 18.7. The molecule has 1 aliphatic heterocycles. The third-order valence-electron chi connectivity index (χ3n) is 4.89. The fourth-order valence-electron chi connectivity index (χ4n) is 3.44. The van der Waals surface area contributed by atoms with Gasteiger partial charge in [-0.1, -0.05) is 18.2 Å². The molecule has 7 heteroatoms. The third kappa shape index (κ3) is 3.85. The van der Waals surface area contributed by atoms with E-state index in [1.807, 2.05) is 12.1 Å². The van der Waals surface area contributed by atoms with Gasteiger partial charge in [-0.15, -0.1) is 0 Å². The van der Waals surface area contributed by atoms with Gasteiger partial charge in [0.2, 0.25) is 5.95 Å². The van der Waals surface area contributed by atoms with Gasteiger partial charge in [0, 0.05) is 36.4 Å². The Labute approximate surface area is 169 Å². The lowest BCUT2D eigenvalue weighted by atomic mass is 10.0. The molecule has 2 heterocycles. The topological polar surface area (TPSA) is 76.6 Å². The summed E-state index contributed by atoms with van der Waals surface area (Å²) in [5.41, 5.74) is 3.40. The van der Waals surface area contributed by atoms with Gasteiger partial charge in [-0.2, -0.15) is 0 Å². The van der Waals surface area contributed by atoms with Gasteiger partial charge in [-0.25, -0.2) is 9.97 Å². The Morgan fingerprint density at radius 2 is 1.79 bits per heavy atom. The maximum Gasteiger partial charge on any atom is 0.258 e. The lowest BCUT2D eigenvalue weighted by Gasteiger charge is -2.29. The van der Waals surface area contributed by atoms with Crippen LogP contribution in [0.15, 0.2) is 54.9 Å². The van der Waals surface area contributed by atoms with Gasteiger partial charge < -0.3 is 19.7 Å². The van der Waals surface area contributed by atoms with Crippen LogP contribution in [0.5, 0.6) is 11.5 Å². The number of ether oxygens (including phenoxy) is 2. The predicted molar refractivity (Wildman–Crippen MR) is 111 cm³/mol. The predicted octanol–water partition coefficient (Wildman–Crippen LogP) is 3.83. The van der Waals surface area contributed by atoms with E-state index >= 15 is 0 Å². The molecule has 0 saturated carbocycles. The Morgan fingerprint density at radius 1 is 1.03 bits per heavy atom. The van der Waals surface area contributed by atoms with Gasteiger partial charge in [0.1, 0.15) is 0 Å². The van der Waals surface area contributed by atoms with E-state index in [-0.39, 0.29) is 5.91 Å². The zero-order valence-electron chi connectivity index (χ0n) is 16.4. The molecule has 4 rings (SSSR count). The van der Waals surface area contributed by atoms with Crippen molar-refractivity contribution in [2.75, 3.05) is 31.0 Å². The number of rotatable bonds is 5. The second kappa shape index (κ2) is 8.18. The van der Waals surface area contributed by atoms with Gasteiger partial charge in [0.25, 0.3) is 5.91 Å². The van der Waals surface area contributed by atoms with E-state index in [0.29, 0.717) is 28.7 Å². The number of carbonyl (C=O) groups is 1. The van der Waals surface area contributed by atoms with Crippen LogP contribution in [0.3, 0.4) is 0 Å². The minimum absolute atomic E-state index is 0.289. The largest absolute Gasteiger partial charge is 0.493 e. The van der Waals surface area contributed by atoms with Crippen LogP contribution in [-0.4, -0.2) is 36.6 Å². The summed E-state index contributed by atoms with van der Waals surface area (Å²) in [5.74, 6) is 1.45. The maximum atomic E-state index is 12.6. The number of fused-ring (bicyclic) bond motifs is 1. The summed E-state index contributed by atoms with van der Waals surface area (Å²) in [6.07, 6.45) is 5.20. The van der Waals surface area contributed by atoms with Crippen molar-refractivity contribution in [2.24, 2.45) is 0 Å². The van der Waals surface area contributed by atoms with Gasteiger partial charge in [-0.05, 0) is 36.6 Å². The summed E-state index contributed by atoms with van der Waals surface area (Å²) in [6, 6.07) is 13.5. The number of amides is 1. The highest BCUT2D eigenvalue weighted by molar-refractivity contribution is 6.04. The molecule has 0 aliphatic carbocycles. The van der Waals surface area contributed by atoms with E-state index in [4.69, 9.17) is 9.47 Å². The van der Waals surface area contributed by atoms with Crippen LogP contribution in [-0.2, 0) is 6.42 Å². The molecule has 0 radical (unpaired) electrons. The highest BCUT2D eigenvalue weighted by atomic mass is 16.5. The van der Waals surface area contributed by atoms with Crippen LogP contribution < -0.4 is 19.7 Å². The molecule has 1 amide bonds. The molecule has 0 unspecified atom stereocenters. The number of benzene rings is 2. The van der Waals surface area contributed by atoms with Crippen molar-refractivity contribution in [1.82, 2.24) is 9.97 Å². The fourth-order valence-corrected chi connectivity index (χ4v) is 3.44. The van der Waals surface area contributed by atoms with Crippen molar-refractivity contribution >= 4 is 23.2 Å². The fraction of sp³-hybridized carbons (Fsp3) is 0.227. The summed E-state index contributed by atoms with van der Waals surface area (Å²) < 4.78 is 10.5. The standard InChI is InChI=1S/C22H22N4O3/c1-28-19-10-9-17(12-20(19)29-2)25-21(27)16-13-23-22(24-14-16)26-11-5-7-15-6-3-4-8-18(15)26/h3-4,6,8-10,12-14H,5,7,11H2,1-2H3,(H,25,27). The number of nitrogens with one attached hydrogen (secondary N) is 1. The van der Waals surface area contributed by atoms with E-state index in [2.05, 4.69) is 32.3 Å². The minimum atomic E-state index is -0.289. The maximum absolute atomic E-state index is 12.6. The quantitative estimate of drug-likeness (QED) is 0.714. The molecule has 0 fully saturated rings.